The maximum atomic E-state index is 13.3. The van der Waals surface area contributed by atoms with Crippen molar-refractivity contribution in [3.8, 4) is 0 Å². The smallest absolute Gasteiger partial charge is 0.388 e. The molecule has 32 heavy (non-hydrogen) atoms. The van der Waals surface area contributed by atoms with Gasteiger partial charge in [-0.3, -0.25) is 9.78 Å². The number of rotatable bonds is 5. The minimum absolute atomic E-state index is 0.0288. The molecule has 166 valence electrons. The molecule has 0 aliphatic carbocycles. The Labute approximate surface area is 186 Å². The predicted molar refractivity (Wildman–Crippen MR) is 118 cm³/mol. The van der Waals surface area contributed by atoms with Gasteiger partial charge in [0.1, 0.15) is 5.54 Å². The van der Waals surface area contributed by atoms with Gasteiger partial charge in [-0.05, 0) is 66.7 Å². The minimum Gasteiger partial charge on any atom is -0.388 e. The Hall–Kier alpha value is -3.27. The molecular formula is C22H19F3N4O2S. The number of nitrogens with zero attached hydrogens (tertiary/aromatic N) is 2. The topological polar surface area (TPSA) is 74.3 Å². The number of urea groups is 1. The summed E-state index contributed by atoms with van der Waals surface area (Å²) in [5.41, 5.74) is -3.01. The second-order valence-electron chi connectivity index (χ2n) is 7.54. The third-order valence-corrected chi connectivity index (χ3v) is 6.00. The number of benzene rings is 2. The maximum absolute atomic E-state index is 13.3. The van der Waals surface area contributed by atoms with Crippen molar-refractivity contribution in [1.82, 2.24) is 10.3 Å². The number of amides is 3. The van der Waals surface area contributed by atoms with Gasteiger partial charge in [-0.15, -0.1) is 0 Å². The third-order valence-electron chi connectivity index (χ3n) is 5.26. The first-order valence-electron chi connectivity index (χ1n) is 9.68. The average molecular weight is 460 g/mol. The fraction of sp³-hybridized carbons (Fsp3) is 0.227. The number of halogens is 3. The van der Waals surface area contributed by atoms with Gasteiger partial charge in [-0.25, -0.2) is 9.69 Å². The van der Waals surface area contributed by atoms with Gasteiger partial charge in [-0.1, -0.05) is 6.07 Å². The second kappa shape index (κ2) is 8.01. The van der Waals surface area contributed by atoms with Gasteiger partial charge in [0.25, 0.3) is 5.91 Å². The Kier molecular flexibility index (Phi) is 5.49. The van der Waals surface area contributed by atoms with Gasteiger partial charge >= 0.3 is 11.5 Å². The molecule has 0 spiro atoms. The van der Waals surface area contributed by atoms with Crippen molar-refractivity contribution in [3.63, 3.8) is 0 Å². The molecule has 0 bridgehead atoms. The highest BCUT2D eigenvalue weighted by molar-refractivity contribution is 8.00. The number of thioether (sulfide) groups is 1. The molecule has 3 amide bonds. The molecule has 6 nitrogen and oxygen atoms in total. The Morgan fingerprint density at radius 2 is 1.84 bits per heavy atom. The quantitative estimate of drug-likeness (QED) is 0.417. The molecule has 2 heterocycles. The highest BCUT2D eigenvalue weighted by Gasteiger charge is 2.48. The van der Waals surface area contributed by atoms with Crippen LogP contribution in [0.2, 0.25) is 0 Å². The number of fused-ring (bicyclic) bond motifs is 1. The molecule has 1 fully saturated rings. The summed E-state index contributed by atoms with van der Waals surface area (Å²) in [4.78, 5) is 31.3. The first kappa shape index (κ1) is 21.9. The van der Waals surface area contributed by atoms with Crippen LogP contribution < -0.4 is 15.5 Å². The minimum atomic E-state index is -4.42. The van der Waals surface area contributed by atoms with Crippen LogP contribution in [0.4, 0.5) is 29.3 Å². The molecule has 2 N–H and O–H groups in total. The van der Waals surface area contributed by atoms with E-state index in [-0.39, 0.29) is 28.8 Å². The number of hydrogen-bond donors (Lipinski definition) is 2. The normalized spacial score (nSPS) is 18.8. The van der Waals surface area contributed by atoms with E-state index in [1.54, 1.807) is 26.2 Å². The lowest BCUT2D eigenvalue weighted by molar-refractivity contribution is -0.121. The number of carbonyl (C=O) groups is 2. The molecule has 1 aliphatic rings. The number of anilines is 2. The highest BCUT2D eigenvalue weighted by Crippen LogP contribution is 2.38. The molecule has 1 saturated heterocycles. The van der Waals surface area contributed by atoms with E-state index in [4.69, 9.17) is 0 Å². The van der Waals surface area contributed by atoms with Gasteiger partial charge in [0.05, 0.1) is 11.2 Å². The molecule has 1 unspecified atom stereocenters. The Balaban J connectivity index is 1.63. The third kappa shape index (κ3) is 4.10. The highest BCUT2D eigenvalue weighted by atomic mass is 32.2. The molecule has 0 radical (unpaired) electrons. The number of imide groups is 1. The summed E-state index contributed by atoms with van der Waals surface area (Å²) in [5, 5.41) is 6.72. The zero-order chi connectivity index (χ0) is 23.1. The van der Waals surface area contributed by atoms with E-state index < -0.39 is 23.0 Å². The molecular weight excluding hydrogens is 441 g/mol. The van der Waals surface area contributed by atoms with Crippen molar-refractivity contribution in [2.75, 3.05) is 17.3 Å². The molecule has 1 atom stereocenters. The number of nitrogens with one attached hydrogen (secondary N) is 2. The fourth-order valence-electron chi connectivity index (χ4n) is 3.85. The van der Waals surface area contributed by atoms with Crippen molar-refractivity contribution in [3.05, 3.63) is 60.3 Å². The maximum Gasteiger partial charge on any atom is 0.446 e. The van der Waals surface area contributed by atoms with Crippen LogP contribution in [0.3, 0.4) is 0 Å². The summed E-state index contributed by atoms with van der Waals surface area (Å²) >= 11 is -0.256. The first-order valence-corrected chi connectivity index (χ1v) is 10.5. The predicted octanol–water partition coefficient (Wildman–Crippen LogP) is 4.95. The molecule has 0 saturated carbocycles. The van der Waals surface area contributed by atoms with Crippen LogP contribution in [0, 0.1) is 0 Å². The summed E-state index contributed by atoms with van der Waals surface area (Å²) in [5.74, 6) is -0.481. The van der Waals surface area contributed by atoms with Crippen LogP contribution in [0.1, 0.15) is 12.5 Å². The van der Waals surface area contributed by atoms with Crippen LogP contribution in [0.25, 0.3) is 10.9 Å². The van der Waals surface area contributed by atoms with Crippen LogP contribution in [-0.4, -0.2) is 35.0 Å². The van der Waals surface area contributed by atoms with Crippen LogP contribution >= 0.6 is 11.8 Å². The lowest BCUT2D eigenvalue weighted by Gasteiger charge is -2.23. The van der Waals surface area contributed by atoms with E-state index in [0.717, 1.165) is 27.1 Å². The number of alkyl halides is 3. The van der Waals surface area contributed by atoms with Gasteiger partial charge in [0.15, 0.2) is 0 Å². The number of aromatic nitrogens is 1. The van der Waals surface area contributed by atoms with Crippen LogP contribution in [0.5, 0.6) is 0 Å². The SMILES string of the molecule is CNc1cccc2nccc(CC3(C)NC(=O)N(c4ccc(SC(F)(F)F)cc4)C3=O)c12. The molecule has 1 aromatic heterocycles. The second-order valence-corrected chi connectivity index (χ2v) is 8.68. The zero-order valence-corrected chi connectivity index (χ0v) is 18.0. The molecule has 3 aromatic rings. The van der Waals surface area contributed by atoms with Crippen LogP contribution in [0.15, 0.2) is 59.6 Å². The zero-order valence-electron chi connectivity index (χ0n) is 17.2. The van der Waals surface area contributed by atoms with Gasteiger partial charge < -0.3 is 10.6 Å². The Bertz CT molecular complexity index is 1190. The van der Waals surface area contributed by atoms with Gasteiger partial charge in [-0.2, -0.15) is 13.2 Å². The fourth-order valence-corrected chi connectivity index (χ4v) is 4.39. The summed E-state index contributed by atoms with van der Waals surface area (Å²) in [6.45, 7) is 1.63. The standard InChI is InChI=1S/C22H19F3N4O2S/c1-21(12-13-10-11-27-17-5-3-4-16(26-2)18(13)17)19(30)29(20(31)28-21)14-6-8-15(9-7-14)32-22(23,24)25/h3-11,26H,12H2,1-2H3,(H,28,31). The van der Waals surface area contributed by atoms with Crippen molar-refractivity contribution < 1.29 is 22.8 Å². The molecule has 2 aromatic carbocycles. The lowest BCUT2D eigenvalue weighted by Crippen LogP contribution is -2.46. The van der Waals surface area contributed by atoms with E-state index in [1.165, 1.54) is 24.3 Å². The van der Waals surface area contributed by atoms with E-state index in [2.05, 4.69) is 15.6 Å². The summed E-state index contributed by atoms with van der Waals surface area (Å²) in [7, 11) is 1.79. The summed E-state index contributed by atoms with van der Waals surface area (Å²) < 4.78 is 37.7. The van der Waals surface area contributed by atoms with Crippen molar-refractivity contribution in [1.29, 1.82) is 0 Å². The van der Waals surface area contributed by atoms with E-state index in [0.29, 0.717) is 0 Å². The number of carbonyl (C=O) groups excluding carboxylic acids is 2. The van der Waals surface area contributed by atoms with Gasteiger partial charge in [0, 0.05) is 35.6 Å². The largest absolute Gasteiger partial charge is 0.446 e. The summed E-state index contributed by atoms with van der Waals surface area (Å²) in [6, 6.07) is 12.0. The van der Waals surface area contributed by atoms with E-state index in [9.17, 15) is 22.8 Å². The summed E-state index contributed by atoms with van der Waals surface area (Å²) in [6.07, 6.45) is 1.87. The number of pyridine rings is 1. The van der Waals surface area contributed by atoms with Crippen molar-refractivity contribution >= 4 is 46.0 Å². The Morgan fingerprint density at radius 1 is 1.12 bits per heavy atom. The van der Waals surface area contributed by atoms with Crippen molar-refractivity contribution in [2.24, 2.45) is 0 Å². The van der Waals surface area contributed by atoms with E-state index >= 15 is 0 Å². The Morgan fingerprint density at radius 3 is 2.50 bits per heavy atom. The lowest BCUT2D eigenvalue weighted by atomic mass is 9.90. The van der Waals surface area contributed by atoms with Crippen LogP contribution in [-0.2, 0) is 11.2 Å². The van der Waals surface area contributed by atoms with Gasteiger partial charge in [0.2, 0.25) is 0 Å². The molecule has 1 aliphatic heterocycles. The van der Waals surface area contributed by atoms with Crippen molar-refractivity contribution in [2.45, 2.75) is 29.3 Å². The average Bonchev–Trinajstić information content (AvgIpc) is 2.95. The van der Waals surface area contributed by atoms with E-state index in [1.807, 2.05) is 18.2 Å². The first-order chi connectivity index (χ1) is 15.1. The molecule has 10 heteroatoms. The monoisotopic (exact) mass is 460 g/mol. The molecule has 4 rings (SSSR count). The number of hydrogen-bond acceptors (Lipinski definition) is 5.